The van der Waals surface area contributed by atoms with Crippen molar-refractivity contribution in [3.05, 3.63) is 59.1 Å². The average molecular weight is 387 g/mol. The SMILES string of the molecule is C[C@@H](OC(=O)c1cccc(N2CCCC2=O)c1)C(=O)Nc1cccc(Cl)c1. The second-order valence-corrected chi connectivity index (χ2v) is 6.68. The summed E-state index contributed by atoms with van der Waals surface area (Å²) >= 11 is 5.89. The smallest absolute Gasteiger partial charge is 0.338 e. The highest BCUT2D eigenvalue weighted by molar-refractivity contribution is 6.30. The molecule has 2 amide bonds. The molecule has 0 aliphatic carbocycles. The highest BCUT2D eigenvalue weighted by atomic mass is 35.5. The van der Waals surface area contributed by atoms with E-state index < -0.39 is 18.0 Å². The Kier molecular flexibility index (Phi) is 5.76. The van der Waals surface area contributed by atoms with E-state index in [2.05, 4.69) is 5.32 Å². The predicted molar refractivity (Wildman–Crippen MR) is 103 cm³/mol. The third kappa shape index (κ3) is 4.65. The van der Waals surface area contributed by atoms with Gasteiger partial charge in [-0.25, -0.2) is 4.79 Å². The van der Waals surface area contributed by atoms with E-state index >= 15 is 0 Å². The van der Waals surface area contributed by atoms with Gasteiger partial charge in [-0.15, -0.1) is 0 Å². The quantitative estimate of drug-likeness (QED) is 0.796. The molecule has 1 atom stereocenters. The van der Waals surface area contributed by atoms with Crippen molar-refractivity contribution in [3.8, 4) is 0 Å². The summed E-state index contributed by atoms with van der Waals surface area (Å²) in [6.07, 6.45) is 0.317. The summed E-state index contributed by atoms with van der Waals surface area (Å²) < 4.78 is 5.26. The zero-order valence-electron chi connectivity index (χ0n) is 14.8. The molecule has 1 fully saturated rings. The number of benzene rings is 2. The van der Waals surface area contributed by atoms with Gasteiger partial charge in [-0.2, -0.15) is 0 Å². The molecular formula is C20H19ClN2O4. The van der Waals surface area contributed by atoms with Gasteiger partial charge < -0.3 is 15.0 Å². The van der Waals surface area contributed by atoms with Crippen molar-refractivity contribution in [2.45, 2.75) is 25.9 Å². The number of halogens is 1. The summed E-state index contributed by atoms with van der Waals surface area (Å²) in [5.74, 6) is -1.05. The minimum atomic E-state index is -0.992. The van der Waals surface area contributed by atoms with Gasteiger partial charge in [0.25, 0.3) is 5.91 Å². The number of hydrogen-bond acceptors (Lipinski definition) is 4. The summed E-state index contributed by atoms with van der Waals surface area (Å²) in [4.78, 5) is 38.1. The monoisotopic (exact) mass is 386 g/mol. The van der Waals surface area contributed by atoms with Crippen LogP contribution in [0.1, 0.15) is 30.1 Å². The molecule has 7 heteroatoms. The van der Waals surface area contributed by atoms with Gasteiger partial charge in [0, 0.05) is 29.4 Å². The van der Waals surface area contributed by atoms with Gasteiger partial charge in [-0.1, -0.05) is 23.7 Å². The maximum absolute atomic E-state index is 12.4. The number of nitrogens with one attached hydrogen (secondary N) is 1. The Labute approximate surface area is 162 Å². The lowest BCUT2D eigenvalue weighted by atomic mass is 10.2. The second-order valence-electron chi connectivity index (χ2n) is 6.25. The van der Waals surface area contributed by atoms with Crippen LogP contribution in [-0.2, 0) is 14.3 Å². The van der Waals surface area contributed by atoms with Crippen LogP contribution in [0.3, 0.4) is 0 Å². The Morgan fingerprint density at radius 3 is 2.67 bits per heavy atom. The van der Waals surface area contributed by atoms with Gasteiger partial charge in [0.1, 0.15) is 0 Å². The third-order valence-electron chi connectivity index (χ3n) is 4.21. The largest absolute Gasteiger partial charge is 0.449 e. The molecule has 1 N–H and O–H groups in total. The predicted octanol–water partition coefficient (Wildman–Crippen LogP) is 3.65. The number of amides is 2. The molecule has 0 radical (unpaired) electrons. The van der Waals surface area contributed by atoms with E-state index in [4.69, 9.17) is 16.3 Å². The fraction of sp³-hybridized carbons (Fsp3) is 0.250. The van der Waals surface area contributed by atoms with E-state index in [0.29, 0.717) is 29.4 Å². The maximum atomic E-state index is 12.4. The molecule has 6 nitrogen and oxygen atoms in total. The van der Waals surface area contributed by atoms with Crippen molar-refractivity contribution in [1.82, 2.24) is 0 Å². The van der Waals surface area contributed by atoms with Crippen LogP contribution >= 0.6 is 11.6 Å². The molecule has 0 unspecified atom stereocenters. The second kappa shape index (κ2) is 8.22. The van der Waals surface area contributed by atoms with Crippen molar-refractivity contribution in [1.29, 1.82) is 0 Å². The third-order valence-corrected chi connectivity index (χ3v) is 4.45. The Bertz CT molecular complexity index is 884. The lowest BCUT2D eigenvalue weighted by molar-refractivity contribution is -0.123. The molecular weight excluding hydrogens is 368 g/mol. The molecule has 140 valence electrons. The Morgan fingerprint density at radius 2 is 1.96 bits per heavy atom. The fourth-order valence-electron chi connectivity index (χ4n) is 2.81. The standard InChI is InChI=1S/C20H19ClN2O4/c1-13(19(25)22-16-7-3-6-15(21)12-16)27-20(26)14-5-2-8-17(11-14)23-10-4-9-18(23)24/h2-3,5-8,11-13H,4,9-10H2,1H3,(H,22,25)/t13-/m1/s1. The van der Waals surface area contributed by atoms with Crippen LogP contribution < -0.4 is 10.2 Å². The molecule has 0 bridgehead atoms. The van der Waals surface area contributed by atoms with Crippen molar-refractivity contribution < 1.29 is 19.1 Å². The highest BCUT2D eigenvalue weighted by Crippen LogP contribution is 2.23. The topological polar surface area (TPSA) is 75.7 Å². The molecule has 0 aromatic heterocycles. The number of anilines is 2. The number of hydrogen-bond donors (Lipinski definition) is 1. The molecule has 3 rings (SSSR count). The number of carbonyl (C=O) groups is 3. The highest BCUT2D eigenvalue weighted by Gasteiger charge is 2.23. The van der Waals surface area contributed by atoms with Crippen LogP contribution in [0.25, 0.3) is 0 Å². The number of ether oxygens (including phenoxy) is 1. The van der Waals surface area contributed by atoms with Gasteiger partial charge in [0.05, 0.1) is 5.56 Å². The summed E-state index contributed by atoms with van der Waals surface area (Å²) in [5.41, 5.74) is 1.46. The number of carbonyl (C=O) groups excluding carboxylic acids is 3. The molecule has 1 heterocycles. The van der Waals surface area contributed by atoms with Crippen molar-refractivity contribution in [3.63, 3.8) is 0 Å². The lowest BCUT2D eigenvalue weighted by Gasteiger charge is -2.17. The average Bonchev–Trinajstić information content (AvgIpc) is 3.07. The van der Waals surface area contributed by atoms with Crippen LogP contribution in [-0.4, -0.2) is 30.4 Å². The van der Waals surface area contributed by atoms with E-state index in [-0.39, 0.29) is 11.5 Å². The summed E-state index contributed by atoms with van der Waals surface area (Å²) in [6, 6.07) is 13.3. The van der Waals surface area contributed by atoms with Crippen molar-refractivity contribution in [2.24, 2.45) is 0 Å². The first-order valence-corrected chi connectivity index (χ1v) is 8.99. The van der Waals surface area contributed by atoms with E-state index in [1.165, 1.54) is 6.92 Å². The first-order valence-electron chi connectivity index (χ1n) is 8.62. The van der Waals surface area contributed by atoms with Crippen molar-refractivity contribution >= 4 is 40.8 Å². The number of esters is 1. The molecule has 1 saturated heterocycles. The maximum Gasteiger partial charge on any atom is 0.338 e. The lowest BCUT2D eigenvalue weighted by Crippen LogP contribution is -2.30. The van der Waals surface area contributed by atoms with E-state index in [1.807, 2.05) is 0 Å². The van der Waals surface area contributed by atoms with Crippen molar-refractivity contribution in [2.75, 3.05) is 16.8 Å². The molecule has 1 aliphatic heterocycles. The van der Waals surface area contributed by atoms with Gasteiger partial charge >= 0.3 is 5.97 Å². The van der Waals surface area contributed by atoms with Crippen LogP contribution in [0.4, 0.5) is 11.4 Å². The van der Waals surface area contributed by atoms with E-state index in [0.717, 1.165) is 6.42 Å². The van der Waals surface area contributed by atoms with Gasteiger partial charge in [-0.3, -0.25) is 9.59 Å². The molecule has 27 heavy (non-hydrogen) atoms. The zero-order valence-corrected chi connectivity index (χ0v) is 15.5. The van der Waals surface area contributed by atoms with Crippen LogP contribution in [0.15, 0.2) is 48.5 Å². The molecule has 1 aliphatic rings. The van der Waals surface area contributed by atoms with E-state index in [9.17, 15) is 14.4 Å². The molecule has 2 aromatic rings. The van der Waals surface area contributed by atoms with Crippen LogP contribution in [0.5, 0.6) is 0 Å². The summed E-state index contributed by atoms with van der Waals surface area (Å²) in [6.45, 7) is 2.13. The number of nitrogens with zero attached hydrogens (tertiary/aromatic N) is 1. The first-order chi connectivity index (χ1) is 12.9. The number of rotatable bonds is 5. The van der Waals surface area contributed by atoms with Crippen LogP contribution in [0.2, 0.25) is 5.02 Å². The first kappa shape index (κ1) is 18.9. The molecule has 0 saturated carbocycles. The van der Waals surface area contributed by atoms with Gasteiger partial charge in [0.2, 0.25) is 5.91 Å². The fourth-order valence-corrected chi connectivity index (χ4v) is 3.00. The Hall–Kier alpha value is -2.86. The minimum Gasteiger partial charge on any atom is -0.449 e. The van der Waals surface area contributed by atoms with Gasteiger partial charge in [-0.05, 0) is 49.7 Å². The Morgan fingerprint density at radius 1 is 1.19 bits per heavy atom. The summed E-state index contributed by atoms with van der Waals surface area (Å²) in [7, 11) is 0. The van der Waals surface area contributed by atoms with Crippen LogP contribution in [0, 0.1) is 0 Å². The molecule has 0 spiro atoms. The zero-order chi connectivity index (χ0) is 19.4. The minimum absolute atomic E-state index is 0.0368. The molecule has 2 aromatic carbocycles. The summed E-state index contributed by atoms with van der Waals surface area (Å²) in [5, 5.41) is 3.14. The van der Waals surface area contributed by atoms with E-state index in [1.54, 1.807) is 53.4 Å². The Balaban J connectivity index is 1.64. The normalized spacial score (nSPS) is 14.7. The van der Waals surface area contributed by atoms with Gasteiger partial charge in [0.15, 0.2) is 6.10 Å².